The van der Waals surface area contributed by atoms with Crippen LogP contribution in [-0.2, 0) is 0 Å². The summed E-state index contributed by atoms with van der Waals surface area (Å²) in [5, 5.41) is 17.6. The monoisotopic (exact) mass is 289 g/mol. The van der Waals surface area contributed by atoms with Crippen molar-refractivity contribution in [2.24, 2.45) is 0 Å². The quantitative estimate of drug-likeness (QED) is 0.907. The molecule has 0 radical (unpaired) electrons. The van der Waals surface area contributed by atoms with Crippen LogP contribution in [0.5, 0.6) is 5.75 Å². The minimum absolute atomic E-state index is 0.252. The van der Waals surface area contributed by atoms with Gasteiger partial charge in [0.25, 0.3) is 0 Å². The largest absolute Gasteiger partial charge is 0.493 e. The van der Waals surface area contributed by atoms with E-state index < -0.39 is 6.10 Å². The van der Waals surface area contributed by atoms with Gasteiger partial charge in [-0.1, -0.05) is 18.2 Å². The first kappa shape index (κ1) is 13.6. The van der Waals surface area contributed by atoms with E-state index in [4.69, 9.17) is 4.74 Å². The van der Waals surface area contributed by atoms with E-state index in [2.05, 4.69) is 11.4 Å². The lowest BCUT2D eigenvalue weighted by molar-refractivity contribution is 0.169. The van der Waals surface area contributed by atoms with Gasteiger partial charge in [-0.3, -0.25) is 0 Å². The molecule has 0 fully saturated rings. The van der Waals surface area contributed by atoms with Crippen LogP contribution in [0, 0.1) is 0 Å². The van der Waals surface area contributed by atoms with Crippen LogP contribution >= 0.6 is 11.3 Å². The second-order valence-corrected chi connectivity index (χ2v) is 5.84. The van der Waals surface area contributed by atoms with Gasteiger partial charge in [0.2, 0.25) is 0 Å². The third-order valence-corrected chi connectivity index (χ3v) is 4.38. The molecule has 20 heavy (non-hydrogen) atoms. The highest BCUT2D eigenvalue weighted by Gasteiger charge is 2.20. The van der Waals surface area contributed by atoms with Gasteiger partial charge in [-0.15, -0.1) is 0 Å². The van der Waals surface area contributed by atoms with E-state index in [1.165, 1.54) is 5.56 Å². The summed E-state index contributed by atoms with van der Waals surface area (Å²) in [6.07, 6.45) is 1.62. The summed E-state index contributed by atoms with van der Waals surface area (Å²) in [5.41, 5.74) is 2.18. The van der Waals surface area contributed by atoms with Crippen LogP contribution in [0.3, 0.4) is 0 Å². The van der Waals surface area contributed by atoms with Crippen molar-refractivity contribution in [1.82, 2.24) is 5.32 Å². The SMILES string of the molecule is OC(CNC1CCCOc2ccccc21)c1ccsc1. The summed E-state index contributed by atoms with van der Waals surface area (Å²) in [6.45, 7) is 1.33. The highest BCUT2D eigenvalue weighted by Crippen LogP contribution is 2.31. The molecule has 106 valence electrons. The lowest BCUT2D eigenvalue weighted by atomic mass is 10.0. The number of hydrogen-bond donors (Lipinski definition) is 2. The molecule has 0 spiro atoms. The maximum atomic E-state index is 10.2. The van der Waals surface area contributed by atoms with Crippen molar-refractivity contribution >= 4 is 11.3 Å². The van der Waals surface area contributed by atoms with Crippen LogP contribution in [0.15, 0.2) is 41.1 Å². The molecule has 2 N–H and O–H groups in total. The second-order valence-electron chi connectivity index (χ2n) is 5.06. The molecule has 1 aromatic carbocycles. The number of aliphatic hydroxyl groups excluding tert-OH is 1. The van der Waals surface area contributed by atoms with E-state index >= 15 is 0 Å². The summed E-state index contributed by atoms with van der Waals surface area (Å²) in [4.78, 5) is 0. The van der Waals surface area contributed by atoms with E-state index in [0.717, 1.165) is 30.8 Å². The van der Waals surface area contributed by atoms with Crippen molar-refractivity contribution in [2.45, 2.75) is 25.0 Å². The Balaban J connectivity index is 1.68. The molecular weight excluding hydrogens is 270 g/mol. The summed E-state index contributed by atoms with van der Waals surface area (Å²) >= 11 is 1.61. The first-order chi connectivity index (χ1) is 9.84. The third kappa shape index (κ3) is 3.03. The molecule has 2 unspecified atom stereocenters. The number of benzene rings is 1. The first-order valence-corrected chi connectivity index (χ1v) is 7.94. The van der Waals surface area contributed by atoms with Gasteiger partial charge in [0.15, 0.2) is 0 Å². The second kappa shape index (κ2) is 6.39. The zero-order chi connectivity index (χ0) is 13.8. The molecule has 0 saturated heterocycles. The van der Waals surface area contributed by atoms with Crippen molar-refractivity contribution in [1.29, 1.82) is 0 Å². The van der Waals surface area contributed by atoms with Crippen LogP contribution in [0.2, 0.25) is 0 Å². The van der Waals surface area contributed by atoms with E-state index in [1.807, 2.05) is 35.0 Å². The molecule has 0 amide bonds. The Hall–Kier alpha value is -1.36. The highest BCUT2D eigenvalue weighted by molar-refractivity contribution is 7.07. The zero-order valence-corrected chi connectivity index (χ0v) is 12.1. The Kier molecular flexibility index (Phi) is 4.35. The van der Waals surface area contributed by atoms with Crippen LogP contribution < -0.4 is 10.1 Å². The zero-order valence-electron chi connectivity index (χ0n) is 11.3. The smallest absolute Gasteiger partial charge is 0.124 e. The van der Waals surface area contributed by atoms with E-state index in [9.17, 15) is 5.11 Å². The van der Waals surface area contributed by atoms with Gasteiger partial charge in [-0.05, 0) is 41.3 Å². The summed E-state index contributed by atoms with van der Waals surface area (Å²) < 4.78 is 5.76. The molecule has 4 heteroatoms. The first-order valence-electron chi connectivity index (χ1n) is 7.00. The Bertz CT molecular complexity index is 541. The number of aliphatic hydroxyl groups is 1. The number of nitrogens with one attached hydrogen (secondary N) is 1. The van der Waals surface area contributed by atoms with Crippen LogP contribution in [-0.4, -0.2) is 18.3 Å². The van der Waals surface area contributed by atoms with Crippen molar-refractivity contribution in [3.63, 3.8) is 0 Å². The van der Waals surface area contributed by atoms with Gasteiger partial charge >= 0.3 is 0 Å². The topological polar surface area (TPSA) is 41.5 Å². The van der Waals surface area contributed by atoms with Gasteiger partial charge in [-0.2, -0.15) is 11.3 Å². The van der Waals surface area contributed by atoms with Gasteiger partial charge in [-0.25, -0.2) is 0 Å². The van der Waals surface area contributed by atoms with Crippen molar-refractivity contribution < 1.29 is 9.84 Å². The Labute approximate surface area is 123 Å². The highest BCUT2D eigenvalue weighted by atomic mass is 32.1. The third-order valence-electron chi connectivity index (χ3n) is 3.67. The predicted octanol–water partition coefficient (Wildman–Crippen LogP) is 3.29. The normalized spacial score (nSPS) is 19.8. The lowest BCUT2D eigenvalue weighted by Crippen LogP contribution is -2.26. The number of ether oxygens (including phenoxy) is 1. The fourth-order valence-corrected chi connectivity index (χ4v) is 3.28. The van der Waals surface area contributed by atoms with Crippen LogP contribution in [0.1, 0.15) is 36.1 Å². The van der Waals surface area contributed by atoms with Gasteiger partial charge in [0.05, 0.1) is 12.7 Å². The van der Waals surface area contributed by atoms with Gasteiger partial charge in [0.1, 0.15) is 5.75 Å². The Morgan fingerprint density at radius 3 is 3.10 bits per heavy atom. The molecule has 0 bridgehead atoms. The minimum Gasteiger partial charge on any atom is -0.493 e. The molecule has 1 aromatic heterocycles. The van der Waals surface area contributed by atoms with E-state index in [0.29, 0.717) is 6.54 Å². The molecule has 3 nitrogen and oxygen atoms in total. The predicted molar refractivity (Wildman–Crippen MR) is 81.2 cm³/mol. The number of rotatable bonds is 4. The maximum Gasteiger partial charge on any atom is 0.124 e. The van der Waals surface area contributed by atoms with Crippen molar-refractivity contribution in [2.75, 3.05) is 13.2 Å². The number of para-hydroxylation sites is 1. The standard InChI is InChI=1S/C16H19NO2S/c18-15(12-7-9-20-11-12)10-17-14-5-3-8-19-16-6-2-1-4-13(14)16/h1-2,4,6-7,9,11,14-15,17-18H,3,5,8,10H2. The average Bonchev–Trinajstić information content (AvgIpc) is 2.93. The van der Waals surface area contributed by atoms with Gasteiger partial charge < -0.3 is 15.2 Å². The molecular formula is C16H19NO2S. The summed E-state index contributed by atoms with van der Waals surface area (Å²) in [5.74, 6) is 0.965. The number of hydrogen-bond acceptors (Lipinski definition) is 4. The average molecular weight is 289 g/mol. The molecule has 0 saturated carbocycles. The van der Waals surface area contributed by atoms with Crippen LogP contribution in [0.25, 0.3) is 0 Å². The molecule has 0 aliphatic carbocycles. The van der Waals surface area contributed by atoms with Gasteiger partial charge in [0, 0.05) is 18.2 Å². The Morgan fingerprint density at radius 2 is 2.25 bits per heavy atom. The fourth-order valence-electron chi connectivity index (χ4n) is 2.57. The maximum absolute atomic E-state index is 10.2. The fraction of sp³-hybridized carbons (Fsp3) is 0.375. The summed E-state index contributed by atoms with van der Waals surface area (Å²) in [7, 11) is 0. The number of fused-ring (bicyclic) bond motifs is 1. The van der Waals surface area contributed by atoms with E-state index in [1.54, 1.807) is 11.3 Å². The molecule has 2 aromatic rings. The summed E-state index contributed by atoms with van der Waals surface area (Å²) in [6, 6.07) is 10.4. The minimum atomic E-state index is -0.447. The lowest BCUT2D eigenvalue weighted by Gasteiger charge is -2.20. The molecule has 2 heterocycles. The molecule has 1 aliphatic rings. The van der Waals surface area contributed by atoms with Crippen LogP contribution in [0.4, 0.5) is 0 Å². The Morgan fingerprint density at radius 1 is 1.35 bits per heavy atom. The van der Waals surface area contributed by atoms with Crippen molar-refractivity contribution in [3.8, 4) is 5.75 Å². The number of thiophene rings is 1. The van der Waals surface area contributed by atoms with Crippen molar-refractivity contribution in [3.05, 3.63) is 52.2 Å². The molecule has 1 aliphatic heterocycles. The molecule has 3 rings (SSSR count). The molecule has 2 atom stereocenters. The van der Waals surface area contributed by atoms with E-state index in [-0.39, 0.29) is 6.04 Å².